The lowest BCUT2D eigenvalue weighted by atomic mass is 9.83. The van der Waals surface area contributed by atoms with Gasteiger partial charge in [-0.3, -0.25) is 9.59 Å². The molecule has 22 heavy (non-hydrogen) atoms. The maximum Gasteiger partial charge on any atom is 0.303 e. The van der Waals surface area contributed by atoms with Gasteiger partial charge in [-0.15, -0.1) is 0 Å². The molecule has 0 bridgehead atoms. The molecule has 0 aromatic carbocycles. The molecule has 2 unspecified atom stereocenters. The minimum absolute atomic E-state index is 0.0256. The van der Waals surface area contributed by atoms with Crippen molar-refractivity contribution in [2.24, 2.45) is 11.8 Å². The summed E-state index contributed by atoms with van der Waals surface area (Å²) in [6, 6.07) is 0.0256. The minimum Gasteiger partial charge on any atom is -0.481 e. The fourth-order valence-corrected chi connectivity index (χ4v) is 3.72. The highest BCUT2D eigenvalue weighted by atomic mass is 16.4. The number of carbonyl (C=O) groups excluding carboxylic acids is 1. The van der Waals surface area contributed by atoms with Gasteiger partial charge in [0.05, 0.1) is 0 Å². The Morgan fingerprint density at radius 1 is 1.14 bits per heavy atom. The van der Waals surface area contributed by atoms with Crippen molar-refractivity contribution in [3.05, 3.63) is 12.2 Å². The highest BCUT2D eigenvalue weighted by molar-refractivity contribution is 5.79. The standard InChI is InChI=1S/C18H29NO3/c20-17(21)12-11-16(13-14-7-3-1-4-8-14)19-18(22)15-9-5-2-6-10-15/h2,5,14-16H,1,3-4,6-13H2,(H,19,22)(H,20,21). The van der Waals surface area contributed by atoms with E-state index in [1.165, 1.54) is 32.1 Å². The molecule has 2 N–H and O–H groups in total. The van der Waals surface area contributed by atoms with Gasteiger partial charge in [-0.1, -0.05) is 44.3 Å². The maximum absolute atomic E-state index is 12.4. The molecule has 0 saturated heterocycles. The first kappa shape index (κ1) is 17.0. The zero-order valence-corrected chi connectivity index (χ0v) is 13.4. The van der Waals surface area contributed by atoms with Gasteiger partial charge in [0.15, 0.2) is 0 Å². The highest BCUT2D eigenvalue weighted by Crippen LogP contribution is 2.28. The van der Waals surface area contributed by atoms with Crippen LogP contribution in [0.5, 0.6) is 0 Å². The Balaban J connectivity index is 1.86. The largest absolute Gasteiger partial charge is 0.481 e. The summed E-state index contributed by atoms with van der Waals surface area (Å²) in [5.74, 6) is 0.0711. The number of carboxylic acids is 1. The molecule has 0 aromatic heterocycles. The van der Waals surface area contributed by atoms with Crippen molar-refractivity contribution < 1.29 is 14.7 Å². The van der Waals surface area contributed by atoms with Gasteiger partial charge in [-0.2, -0.15) is 0 Å². The first-order chi connectivity index (χ1) is 10.6. The number of rotatable bonds is 7. The first-order valence-electron chi connectivity index (χ1n) is 8.82. The normalized spacial score (nSPS) is 23.9. The molecule has 4 nitrogen and oxygen atoms in total. The zero-order chi connectivity index (χ0) is 15.8. The monoisotopic (exact) mass is 307 g/mol. The van der Waals surface area contributed by atoms with Crippen molar-refractivity contribution in [1.29, 1.82) is 0 Å². The van der Waals surface area contributed by atoms with Crippen LogP contribution >= 0.6 is 0 Å². The molecule has 2 aliphatic carbocycles. The molecule has 0 heterocycles. The topological polar surface area (TPSA) is 66.4 Å². The van der Waals surface area contributed by atoms with Crippen LogP contribution < -0.4 is 5.32 Å². The molecule has 0 radical (unpaired) electrons. The fraction of sp³-hybridized carbons (Fsp3) is 0.778. The van der Waals surface area contributed by atoms with E-state index in [-0.39, 0.29) is 24.3 Å². The predicted molar refractivity (Wildman–Crippen MR) is 86.5 cm³/mol. The van der Waals surface area contributed by atoms with Crippen LogP contribution in [0.2, 0.25) is 0 Å². The van der Waals surface area contributed by atoms with E-state index < -0.39 is 5.97 Å². The Kier molecular flexibility index (Phi) is 6.94. The Morgan fingerprint density at radius 2 is 1.91 bits per heavy atom. The summed E-state index contributed by atoms with van der Waals surface area (Å²) >= 11 is 0. The van der Waals surface area contributed by atoms with Crippen LogP contribution in [-0.4, -0.2) is 23.0 Å². The second-order valence-electron chi connectivity index (χ2n) is 6.86. The second kappa shape index (κ2) is 8.96. The number of carbonyl (C=O) groups is 2. The number of amides is 1. The van der Waals surface area contributed by atoms with Crippen molar-refractivity contribution in [2.45, 2.75) is 76.7 Å². The summed E-state index contributed by atoms with van der Waals surface area (Å²) in [4.78, 5) is 23.3. The van der Waals surface area contributed by atoms with Crippen LogP contribution in [0, 0.1) is 11.8 Å². The van der Waals surface area contributed by atoms with Crippen molar-refractivity contribution in [2.75, 3.05) is 0 Å². The zero-order valence-electron chi connectivity index (χ0n) is 13.4. The molecule has 0 spiro atoms. The molecule has 1 saturated carbocycles. The van der Waals surface area contributed by atoms with Crippen LogP contribution in [0.4, 0.5) is 0 Å². The molecule has 4 heteroatoms. The van der Waals surface area contributed by atoms with Crippen molar-refractivity contribution in [3.8, 4) is 0 Å². The van der Waals surface area contributed by atoms with Crippen LogP contribution in [0.3, 0.4) is 0 Å². The molecule has 2 rings (SSSR count). The third kappa shape index (κ3) is 5.82. The summed E-state index contributed by atoms with van der Waals surface area (Å²) in [7, 11) is 0. The summed E-state index contributed by atoms with van der Waals surface area (Å²) < 4.78 is 0. The molecule has 2 atom stereocenters. The van der Waals surface area contributed by atoms with Gasteiger partial charge in [0.2, 0.25) is 5.91 Å². The minimum atomic E-state index is -0.775. The lowest BCUT2D eigenvalue weighted by Crippen LogP contribution is -2.40. The van der Waals surface area contributed by atoms with Gasteiger partial charge in [0.1, 0.15) is 0 Å². The number of carboxylic acid groups (broad SMARTS) is 1. The predicted octanol–water partition coefficient (Wildman–Crippen LogP) is 3.66. The fourth-order valence-electron chi connectivity index (χ4n) is 3.72. The molecule has 1 fully saturated rings. The Labute approximate surface area is 133 Å². The average Bonchev–Trinajstić information content (AvgIpc) is 2.54. The van der Waals surface area contributed by atoms with Crippen LogP contribution in [0.25, 0.3) is 0 Å². The van der Waals surface area contributed by atoms with Crippen molar-refractivity contribution in [3.63, 3.8) is 0 Å². The Hall–Kier alpha value is -1.32. The van der Waals surface area contributed by atoms with E-state index >= 15 is 0 Å². The van der Waals surface area contributed by atoms with Crippen molar-refractivity contribution in [1.82, 2.24) is 5.32 Å². The first-order valence-corrected chi connectivity index (χ1v) is 8.82. The van der Waals surface area contributed by atoms with Crippen molar-refractivity contribution >= 4 is 11.9 Å². The quantitative estimate of drug-likeness (QED) is 0.705. The highest BCUT2D eigenvalue weighted by Gasteiger charge is 2.24. The molecule has 0 aromatic rings. The molecule has 124 valence electrons. The van der Waals surface area contributed by atoms with E-state index in [0.717, 1.165) is 25.7 Å². The van der Waals surface area contributed by atoms with E-state index in [0.29, 0.717) is 12.3 Å². The average molecular weight is 307 g/mol. The van der Waals surface area contributed by atoms with Crippen LogP contribution in [-0.2, 0) is 9.59 Å². The molecular weight excluding hydrogens is 278 g/mol. The molecule has 0 aliphatic heterocycles. The van der Waals surface area contributed by atoms with Gasteiger partial charge < -0.3 is 10.4 Å². The van der Waals surface area contributed by atoms with Crippen LogP contribution in [0.15, 0.2) is 12.2 Å². The van der Waals surface area contributed by atoms with E-state index in [2.05, 4.69) is 17.5 Å². The number of allylic oxidation sites excluding steroid dienone is 2. The van der Waals surface area contributed by atoms with E-state index in [4.69, 9.17) is 5.11 Å². The van der Waals surface area contributed by atoms with Gasteiger partial charge in [0.25, 0.3) is 0 Å². The Bertz CT molecular complexity index is 399. The van der Waals surface area contributed by atoms with E-state index in [1.54, 1.807) is 0 Å². The van der Waals surface area contributed by atoms with Gasteiger partial charge >= 0.3 is 5.97 Å². The van der Waals surface area contributed by atoms with E-state index in [1.807, 2.05) is 0 Å². The third-order valence-corrected chi connectivity index (χ3v) is 5.04. The second-order valence-corrected chi connectivity index (χ2v) is 6.86. The smallest absolute Gasteiger partial charge is 0.303 e. The summed E-state index contributed by atoms with van der Waals surface area (Å²) in [6.45, 7) is 0. The molecule has 1 amide bonds. The van der Waals surface area contributed by atoms with Gasteiger partial charge in [0, 0.05) is 18.4 Å². The lowest BCUT2D eigenvalue weighted by Gasteiger charge is -2.28. The van der Waals surface area contributed by atoms with Gasteiger partial charge in [-0.25, -0.2) is 0 Å². The summed E-state index contributed by atoms with van der Waals surface area (Å²) in [5, 5.41) is 12.1. The summed E-state index contributed by atoms with van der Waals surface area (Å²) in [6.07, 6.45) is 14.9. The van der Waals surface area contributed by atoms with Gasteiger partial charge in [-0.05, 0) is 38.0 Å². The van der Waals surface area contributed by atoms with E-state index in [9.17, 15) is 9.59 Å². The number of hydrogen-bond donors (Lipinski definition) is 2. The lowest BCUT2D eigenvalue weighted by molar-refractivity contribution is -0.137. The molecule has 2 aliphatic rings. The SMILES string of the molecule is O=C(O)CCC(CC1CCCCC1)NC(=O)C1CC=CCC1. The number of aliphatic carboxylic acids is 1. The Morgan fingerprint density at radius 3 is 2.55 bits per heavy atom. The number of hydrogen-bond acceptors (Lipinski definition) is 2. The summed E-state index contributed by atoms with van der Waals surface area (Å²) in [5.41, 5.74) is 0. The third-order valence-electron chi connectivity index (χ3n) is 5.04. The van der Waals surface area contributed by atoms with Crippen LogP contribution in [0.1, 0.15) is 70.6 Å². The maximum atomic E-state index is 12.4. The number of nitrogens with one attached hydrogen (secondary N) is 1. The molecular formula is C18H29NO3.